The molecule has 0 spiro atoms. The van der Waals surface area contributed by atoms with Gasteiger partial charge in [0.05, 0.1) is 4.92 Å². The molecule has 0 saturated carbocycles. The van der Waals surface area contributed by atoms with Gasteiger partial charge in [-0.25, -0.2) is 13.8 Å². The normalized spacial score (nSPS) is 10.5. The largest absolute Gasteiger partial charge is 0.302 e. The molecule has 0 saturated heterocycles. The van der Waals surface area contributed by atoms with Crippen molar-refractivity contribution in [3.63, 3.8) is 0 Å². The summed E-state index contributed by atoms with van der Waals surface area (Å²) in [5.41, 5.74) is -0.923. The van der Waals surface area contributed by atoms with Crippen molar-refractivity contribution in [3.8, 4) is 0 Å². The molecule has 0 aromatic carbocycles. The van der Waals surface area contributed by atoms with Gasteiger partial charge in [-0.15, -0.1) is 0 Å². The first-order chi connectivity index (χ1) is 6.02. The van der Waals surface area contributed by atoms with Crippen LogP contribution in [0.2, 0.25) is 0 Å². The molecule has 0 radical (unpaired) electrons. The predicted octanol–water partition coefficient (Wildman–Crippen LogP) is 2.69. The van der Waals surface area contributed by atoms with Crippen LogP contribution in [0.15, 0.2) is 16.9 Å². The van der Waals surface area contributed by atoms with Crippen molar-refractivity contribution in [2.75, 3.05) is 0 Å². The number of pyridine rings is 1. The zero-order valence-electron chi connectivity index (χ0n) is 6.08. The van der Waals surface area contributed by atoms with Crippen LogP contribution in [-0.2, 0) is 0 Å². The molecule has 1 rings (SSSR count). The highest BCUT2D eigenvalue weighted by atomic mass is 79.9. The van der Waals surface area contributed by atoms with Crippen molar-refractivity contribution in [3.05, 3.63) is 32.5 Å². The number of halogens is 3. The van der Waals surface area contributed by atoms with Crippen LogP contribution in [-0.4, -0.2) is 9.91 Å². The van der Waals surface area contributed by atoms with Crippen LogP contribution in [0.25, 0.3) is 0 Å². The first-order valence-electron chi connectivity index (χ1n) is 3.10. The van der Waals surface area contributed by atoms with E-state index in [0.717, 1.165) is 12.3 Å². The quantitative estimate of drug-likeness (QED) is 0.462. The minimum absolute atomic E-state index is 0.0538. The average molecular weight is 253 g/mol. The maximum Gasteiger partial charge on any atom is 0.302 e. The lowest BCUT2D eigenvalue weighted by Gasteiger charge is -1.99. The molecule has 13 heavy (non-hydrogen) atoms. The fourth-order valence-corrected chi connectivity index (χ4v) is 1.06. The second kappa shape index (κ2) is 3.73. The lowest BCUT2D eigenvalue weighted by atomic mass is 10.3. The number of hydrogen-bond acceptors (Lipinski definition) is 3. The van der Waals surface area contributed by atoms with Crippen LogP contribution in [0, 0.1) is 10.1 Å². The van der Waals surface area contributed by atoms with Gasteiger partial charge in [-0.1, -0.05) is 0 Å². The molecule has 0 atom stereocenters. The lowest BCUT2D eigenvalue weighted by molar-refractivity contribution is -0.386. The van der Waals surface area contributed by atoms with E-state index >= 15 is 0 Å². The van der Waals surface area contributed by atoms with E-state index in [2.05, 4.69) is 20.9 Å². The standard InChI is InChI=1S/C6H3BrF2N2O2/c7-5-4(11(12)13)1-3(2-10-5)6(8)9/h1-2,6H. The van der Waals surface area contributed by atoms with Gasteiger partial charge < -0.3 is 0 Å². The summed E-state index contributed by atoms with van der Waals surface area (Å²) in [6.45, 7) is 0. The molecule has 1 heterocycles. The molecule has 1 aromatic rings. The van der Waals surface area contributed by atoms with Crippen LogP contribution >= 0.6 is 15.9 Å². The van der Waals surface area contributed by atoms with Gasteiger partial charge in [-0.3, -0.25) is 10.1 Å². The van der Waals surface area contributed by atoms with E-state index in [4.69, 9.17) is 0 Å². The molecule has 0 bridgehead atoms. The third kappa shape index (κ3) is 2.18. The zero-order chi connectivity index (χ0) is 10.0. The topological polar surface area (TPSA) is 56.0 Å². The van der Waals surface area contributed by atoms with Crippen molar-refractivity contribution in [2.45, 2.75) is 6.43 Å². The summed E-state index contributed by atoms with van der Waals surface area (Å²) >= 11 is 2.78. The van der Waals surface area contributed by atoms with Crippen molar-refractivity contribution in [1.29, 1.82) is 0 Å². The van der Waals surface area contributed by atoms with Gasteiger partial charge in [-0.2, -0.15) is 0 Å². The molecule has 0 fully saturated rings. The maximum atomic E-state index is 12.1. The first-order valence-corrected chi connectivity index (χ1v) is 3.89. The highest BCUT2D eigenvalue weighted by Gasteiger charge is 2.17. The Morgan fingerprint density at radius 1 is 1.62 bits per heavy atom. The Bertz CT molecular complexity index is 345. The lowest BCUT2D eigenvalue weighted by Crippen LogP contribution is -1.94. The van der Waals surface area contributed by atoms with E-state index in [1.165, 1.54) is 0 Å². The van der Waals surface area contributed by atoms with E-state index in [9.17, 15) is 18.9 Å². The highest BCUT2D eigenvalue weighted by Crippen LogP contribution is 2.27. The summed E-state index contributed by atoms with van der Waals surface area (Å²) in [6, 6.07) is 0.793. The van der Waals surface area contributed by atoms with Gasteiger partial charge in [-0.05, 0) is 15.9 Å². The van der Waals surface area contributed by atoms with Crippen LogP contribution in [0.4, 0.5) is 14.5 Å². The Labute approximate surface area is 79.9 Å². The van der Waals surface area contributed by atoms with Crippen LogP contribution in [0.3, 0.4) is 0 Å². The maximum absolute atomic E-state index is 12.1. The Kier molecular flexibility index (Phi) is 2.86. The number of aromatic nitrogens is 1. The van der Waals surface area contributed by atoms with Gasteiger partial charge in [0.15, 0.2) is 4.60 Å². The summed E-state index contributed by atoms with van der Waals surface area (Å²) < 4.78 is 24.1. The summed E-state index contributed by atoms with van der Waals surface area (Å²) in [4.78, 5) is 12.9. The van der Waals surface area contributed by atoms with E-state index in [0.29, 0.717) is 0 Å². The monoisotopic (exact) mass is 252 g/mol. The van der Waals surface area contributed by atoms with Crippen molar-refractivity contribution in [1.82, 2.24) is 4.98 Å². The zero-order valence-corrected chi connectivity index (χ0v) is 7.66. The van der Waals surface area contributed by atoms with Crippen LogP contribution in [0.5, 0.6) is 0 Å². The molecule has 0 aliphatic carbocycles. The number of hydrogen-bond donors (Lipinski definition) is 0. The van der Waals surface area contributed by atoms with Gasteiger partial charge in [0, 0.05) is 17.8 Å². The van der Waals surface area contributed by atoms with Crippen molar-refractivity contribution < 1.29 is 13.7 Å². The van der Waals surface area contributed by atoms with E-state index < -0.39 is 22.6 Å². The molecule has 0 aliphatic rings. The highest BCUT2D eigenvalue weighted by molar-refractivity contribution is 9.10. The molecule has 4 nitrogen and oxygen atoms in total. The molecule has 0 aliphatic heterocycles. The third-order valence-electron chi connectivity index (χ3n) is 1.29. The average Bonchev–Trinajstić information content (AvgIpc) is 2.04. The fraction of sp³-hybridized carbons (Fsp3) is 0.167. The molecular weight excluding hydrogens is 250 g/mol. The molecule has 0 amide bonds. The van der Waals surface area contributed by atoms with E-state index in [1.807, 2.05) is 0 Å². The van der Waals surface area contributed by atoms with Gasteiger partial charge in [0.2, 0.25) is 0 Å². The SMILES string of the molecule is O=[N+]([O-])c1cc(C(F)F)cnc1Br. The number of alkyl halides is 2. The van der Waals surface area contributed by atoms with Crippen LogP contribution in [0.1, 0.15) is 12.0 Å². The number of nitro groups is 1. The number of nitrogens with zero attached hydrogens (tertiary/aromatic N) is 2. The van der Waals surface area contributed by atoms with Crippen molar-refractivity contribution in [2.24, 2.45) is 0 Å². The van der Waals surface area contributed by atoms with Gasteiger partial charge in [0.25, 0.3) is 6.43 Å². The minimum atomic E-state index is -2.75. The summed E-state index contributed by atoms with van der Waals surface area (Å²) in [5.74, 6) is 0. The Morgan fingerprint density at radius 2 is 2.23 bits per heavy atom. The first kappa shape index (κ1) is 9.97. The smallest absolute Gasteiger partial charge is 0.258 e. The summed E-state index contributed by atoms with van der Waals surface area (Å²) in [5, 5.41) is 10.3. The fourth-order valence-electron chi connectivity index (χ4n) is 0.699. The second-order valence-corrected chi connectivity index (χ2v) is 2.89. The van der Waals surface area contributed by atoms with Crippen molar-refractivity contribution >= 4 is 21.6 Å². The predicted molar refractivity (Wildman–Crippen MR) is 43.5 cm³/mol. The van der Waals surface area contributed by atoms with Crippen LogP contribution < -0.4 is 0 Å². The van der Waals surface area contributed by atoms with Gasteiger partial charge >= 0.3 is 5.69 Å². The molecule has 0 N–H and O–H groups in total. The third-order valence-corrected chi connectivity index (χ3v) is 1.90. The molecular formula is C6H3BrF2N2O2. The van der Waals surface area contributed by atoms with Gasteiger partial charge in [0.1, 0.15) is 0 Å². The van der Waals surface area contributed by atoms with E-state index in [-0.39, 0.29) is 4.60 Å². The molecule has 70 valence electrons. The molecule has 7 heteroatoms. The molecule has 1 aromatic heterocycles. The van der Waals surface area contributed by atoms with E-state index in [1.54, 1.807) is 0 Å². The molecule has 0 unspecified atom stereocenters. The Balaban J connectivity index is 3.19. The number of rotatable bonds is 2. The minimum Gasteiger partial charge on any atom is -0.258 e. The Morgan fingerprint density at radius 3 is 2.69 bits per heavy atom. The summed E-state index contributed by atoms with van der Waals surface area (Å²) in [7, 11) is 0. The second-order valence-electron chi connectivity index (χ2n) is 2.14. The Hall–Kier alpha value is -1.11. The summed E-state index contributed by atoms with van der Waals surface area (Å²) in [6.07, 6.45) is -1.86.